The summed E-state index contributed by atoms with van der Waals surface area (Å²) in [5.74, 6) is -1.01. The van der Waals surface area contributed by atoms with E-state index in [2.05, 4.69) is 4.74 Å². The quantitative estimate of drug-likeness (QED) is 0.473. The van der Waals surface area contributed by atoms with Crippen LogP contribution in [0, 0.1) is 0 Å². The second-order valence-corrected chi connectivity index (χ2v) is 3.59. The van der Waals surface area contributed by atoms with Gasteiger partial charge in [-0.3, -0.25) is 0 Å². The monoisotopic (exact) mass is 270 g/mol. The second kappa shape index (κ2) is 6.78. The van der Waals surface area contributed by atoms with Crippen molar-refractivity contribution in [3.05, 3.63) is 53.6 Å². The maximum absolute atomic E-state index is 12.7. The average Bonchev–Trinajstić information content (AvgIpc) is 2.34. The van der Waals surface area contributed by atoms with Crippen LogP contribution in [0.1, 0.15) is 12.5 Å². The van der Waals surface area contributed by atoms with Crippen LogP contribution in [-0.4, -0.2) is 18.8 Å². The molecule has 0 N–H and O–H groups in total. The molecule has 102 valence electrons. The smallest absolute Gasteiger partial charge is 0.416 e. The van der Waals surface area contributed by atoms with Gasteiger partial charge in [0, 0.05) is 6.08 Å². The van der Waals surface area contributed by atoms with Gasteiger partial charge < -0.3 is 4.74 Å². The van der Waals surface area contributed by atoms with Crippen LogP contribution in [0.2, 0.25) is 0 Å². The standard InChI is InChI=1S/C14H13F3O2/c1-2-19-13(18)10-12(14(15,16)17)9-8-11-6-4-3-5-7-11/h3-10H,2H2,1H3/b9-8+,12-10+. The number of hydrogen-bond donors (Lipinski definition) is 0. The van der Waals surface area contributed by atoms with Crippen molar-refractivity contribution in [2.24, 2.45) is 0 Å². The molecule has 1 rings (SSSR count). The predicted molar refractivity (Wildman–Crippen MR) is 66.2 cm³/mol. The summed E-state index contributed by atoms with van der Waals surface area (Å²) in [5.41, 5.74) is -0.434. The van der Waals surface area contributed by atoms with Crippen molar-refractivity contribution in [3.63, 3.8) is 0 Å². The van der Waals surface area contributed by atoms with Crippen molar-refractivity contribution < 1.29 is 22.7 Å². The molecule has 1 aromatic rings. The minimum atomic E-state index is -4.60. The van der Waals surface area contributed by atoms with E-state index in [-0.39, 0.29) is 6.61 Å². The molecule has 0 bridgehead atoms. The number of carbonyl (C=O) groups is 1. The predicted octanol–water partition coefficient (Wildman–Crippen LogP) is 3.75. The Labute approximate surface area is 109 Å². The van der Waals surface area contributed by atoms with Crippen LogP contribution in [0.15, 0.2) is 48.1 Å². The molecule has 0 heterocycles. The fourth-order valence-electron chi connectivity index (χ4n) is 1.29. The van der Waals surface area contributed by atoms with E-state index in [4.69, 9.17) is 0 Å². The summed E-state index contributed by atoms with van der Waals surface area (Å²) < 4.78 is 42.6. The highest BCUT2D eigenvalue weighted by atomic mass is 19.4. The molecule has 0 aromatic heterocycles. The molecule has 0 spiro atoms. The van der Waals surface area contributed by atoms with E-state index in [1.54, 1.807) is 30.3 Å². The van der Waals surface area contributed by atoms with Crippen LogP contribution in [-0.2, 0) is 9.53 Å². The van der Waals surface area contributed by atoms with E-state index in [0.717, 1.165) is 6.08 Å². The molecule has 19 heavy (non-hydrogen) atoms. The number of benzene rings is 1. The summed E-state index contributed by atoms with van der Waals surface area (Å²) in [7, 11) is 0. The van der Waals surface area contributed by atoms with Gasteiger partial charge in [0.05, 0.1) is 12.2 Å². The largest absolute Gasteiger partial charge is 0.463 e. The Hall–Kier alpha value is -2.04. The molecule has 1 aromatic carbocycles. The molecule has 0 aliphatic carbocycles. The number of carbonyl (C=O) groups excluding carboxylic acids is 1. The van der Waals surface area contributed by atoms with Crippen LogP contribution in [0.25, 0.3) is 6.08 Å². The van der Waals surface area contributed by atoms with Crippen LogP contribution in [0.3, 0.4) is 0 Å². The van der Waals surface area contributed by atoms with Crippen molar-refractivity contribution in [2.75, 3.05) is 6.61 Å². The first kappa shape index (κ1) is 15.0. The Morgan fingerprint density at radius 1 is 1.26 bits per heavy atom. The van der Waals surface area contributed by atoms with E-state index < -0.39 is 17.7 Å². The van der Waals surface area contributed by atoms with Crippen LogP contribution >= 0.6 is 0 Å². The van der Waals surface area contributed by atoms with Crippen molar-refractivity contribution in [1.82, 2.24) is 0 Å². The lowest BCUT2D eigenvalue weighted by molar-refractivity contribution is -0.138. The van der Waals surface area contributed by atoms with Crippen LogP contribution in [0.4, 0.5) is 13.2 Å². The van der Waals surface area contributed by atoms with Gasteiger partial charge in [0.25, 0.3) is 0 Å². The Morgan fingerprint density at radius 2 is 1.89 bits per heavy atom. The molecule has 0 atom stereocenters. The maximum Gasteiger partial charge on any atom is 0.416 e. The molecule has 0 radical (unpaired) electrons. The molecule has 0 aliphatic heterocycles. The highest BCUT2D eigenvalue weighted by Gasteiger charge is 2.32. The molecule has 0 fully saturated rings. The summed E-state index contributed by atoms with van der Waals surface area (Å²) in [5, 5.41) is 0. The zero-order chi connectivity index (χ0) is 14.3. The van der Waals surface area contributed by atoms with Gasteiger partial charge in [-0.1, -0.05) is 36.4 Å². The van der Waals surface area contributed by atoms with Crippen LogP contribution < -0.4 is 0 Å². The van der Waals surface area contributed by atoms with Gasteiger partial charge in [0.2, 0.25) is 0 Å². The minimum absolute atomic E-state index is 0.0306. The molecular weight excluding hydrogens is 257 g/mol. The fourth-order valence-corrected chi connectivity index (χ4v) is 1.29. The van der Waals surface area contributed by atoms with Crippen LogP contribution in [0.5, 0.6) is 0 Å². The zero-order valence-corrected chi connectivity index (χ0v) is 10.3. The second-order valence-electron chi connectivity index (χ2n) is 3.59. The Bertz CT molecular complexity index is 473. The summed E-state index contributed by atoms with van der Waals surface area (Å²) in [6.45, 7) is 1.56. The molecule has 5 heteroatoms. The third-order valence-corrected chi connectivity index (χ3v) is 2.14. The Morgan fingerprint density at radius 3 is 2.42 bits per heavy atom. The van der Waals surface area contributed by atoms with Crippen molar-refractivity contribution in [3.8, 4) is 0 Å². The third kappa shape index (κ3) is 5.42. The highest BCUT2D eigenvalue weighted by molar-refractivity contribution is 5.84. The summed E-state index contributed by atoms with van der Waals surface area (Å²) >= 11 is 0. The van der Waals surface area contributed by atoms with Gasteiger partial charge >= 0.3 is 12.1 Å². The lowest BCUT2D eigenvalue weighted by Gasteiger charge is -2.07. The van der Waals surface area contributed by atoms with E-state index >= 15 is 0 Å². The van der Waals surface area contributed by atoms with Gasteiger partial charge in [-0.15, -0.1) is 0 Å². The first-order chi connectivity index (χ1) is 8.93. The zero-order valence-electron chi connectivity index (χ0n) is 10.3. The number of esters is 1. The number of alkyl halides is 3. The van der Waals surface area contributed by atoms with Gasteiger partial charge in [-0.2, -0.15) is 13.2 Å². The van der Waals surface area contributed by atoms with Gasteiger partial charge in [-0.25, -0.2) is 4.79 Å². The van der Waals surface area contributed by atoms with Gasteiger partial charge in [0.1, 0.15) is 0 Å². The SMILES string of the molecule is CCOC(=O)/C=C(\C=C\c1ccccc1)C(F)(F)F. The average molecular weight is 270 g/mol. The molecular formula is C14H13F3O2. The molecule has 2 nitrogen and oxygen atoms in total. The van der Waals surface area contributed by atoms with E-state index in [0.29, 0.717) is 11.6 Å². The lowest BCUT2D eigenvalue weighted by Crippen LogP contribution is -2.13. The highest BCUT2D eigenvalue weighted by Crippen LogP contribution is 2.27. The van der Waals surface area contributed by atoms with E-state index in [1.165, 1.54) is 13.0 Å². The number of halogens is 3. The number of rotatable bonds is 4. The maximum atomic E-state index is 12.7. The normalized spacial score (nSPS) is 12.7. The topological polar surface area (TPSA) is 26.3 Å². The van der Waals surface area contributed by atoms with E-state index in [9.17, 15) is 18.0 Å². The third-order valence-electron chi connectivity index (χ3n) is 2.14. The van der Waals surface area contributed by atoms with Gasteiger partial charge in [0.15, 0.2) is 0 Å². The van der Waals surface area contributed by atoms with Crippen molar-refractivity contribution in [1.29, 1.82) is 0 Å². The first-order valence-electron chi connectivity index (χ1n) is 5.62. The summed E-state index contributed by atoms with van der Waals surface area (Å²) in [6.07, 6.45) is -2.01. The van der Waals surface area contributed by atoms with Crippen molar-refractivity contribution >= 4 is 12.0 Å². The molecule has 0 saturated heterocycles. The fraction of sp³-hybridized carbons (Fsp3) is 0.214. The molecule has 0 amide bonds. The molecule has 0 saturated carbocycles. The number of allylic oxidation sites excluding steroid dienone is 2. The number of hydrogen-bond acceptors (Lipinski definition) is 2. The Balaban J connectivity index is 2.94. The summed E-state index contributed by atoms with van der Waals surface area (Å²) in [6, 6.07) is 8.50. The Kier molecular flexibility index (Phi) is 5.36. The lowest BCUT2D eigenvalue weighted by atomic mass is 10.1. The van der Waals surface area contributed by atoms with E-state index in [1.807, 2.05) is 0 Å². The number of ether oxygens (including phenoxy) is 1. The molecule has 0 unspecified atom stereocenters. The molecule has 0 aliphatic rings. The van der Waals surface area contributed by atoms with Crippen molar-refractivity contribution in [2.45, 2.75) is 13.1 Å². The summed E-state index contributed by atoms with van der Waals surface area (Å²) in [4.78, 5) is 11.1. The van der Waals surface area contributed by atoms with Gasteiger partial charge in [-0.05, 0) is 18.6 Å². The first-order valence-corrected chi connectivity index (χ1v) is 5.62. The minimum Gasteiger partial charge on any atom is -0.463 e.